The summed E-state index contributed by atoms with van der Waals surface area (Å²) in [7, 11) is 0. The van der Waals surface area contributed by atoms with Gasteiger partial charge in [-0.2, -0.15) is 10.5 Å². The van der Waals surface area contributed by atoms with Gasteiger partial charge in [-0.1, -0.05) is 11.6 Å². The molecule has 0 saturated carbocycles. The van der Waals surface area contributed by atoms with Crippen LogP contribution in [0.2, 0.25) is 5.02 Å². The molecule has 1 aromatic carbocycles. The summed E-state index contributed by atoms with van der Waals surface area (Å²) in [5.74, 6) is 0. The van der Waals surface area contributed by atoms with Crippen LogP contribution in [-0.4, -0.2) is 6.54 Å². The Hall–Kier alpha value is -1.71. The van der Waals surface area contributed by atoms with E-state index < -0.39 is 0 Å². The second-order valence-electron chi connectivity index (χ2n) is 3.35. The highest BCUT2D eigenvalue weighted by atomic mass is 35.5. The molecule has 0 heterocycles. The quantitative estimate of drug-likeness (QED) is 0.794. The van der Waals surface area contributed by atoms with Crippen LogP contribution in [0.3, 0.4) is 0 Å². The number of anilines is 1. The molecule has 0 atom stereocenters. The maximum Gasteiger partial charge on any atom is 0.101 e. The van der Waals surface area contributed by atoms with Crippen LogP contribution in [0.15, 0.2) is 18.2 Å². The highest BCUT2D eigenvalue weighted by Gasteiger charge is 2.00. The summed E-state index contributed by atoms with van der Waals surface area (Å²) in [6, 6.07) is 9.38. The Morgan fingerprint density at radius 3 is 2.69 bits per heavy atom. The Balaban J connectivity index is 2.41. The van der Waals surface area contributed by atoms with E-state index >= 15 is 0 Å². The fourth-order valence-electron chi connectivity index (χ4n) is 1.28. The van der Waals surface area contributed by atoms with Crippen LogP contribution in [0.4, 0.5) is 5.69 Å². The van der Waals surface area contributed by atoms with Crippen LogP contribution in [0, 0.1) is 22.7 Å². The third-order valence-electron chi connectivity index (χ3n) is 2.13. The molecule has 0 amide bonds. The van der Waals surface area contributed by atoms with Gasteiger partial charge in [0.1, 0.15) is 6.07 Å². The Labute approximate surface area is 100 Å². The fraction of sp³-hybridized carbons (Fsp3) is 0.333. The van der Waals surface area contributed by atoms with Crippen molar-refractivity contribution in [1.82, 2.24) is 0 Å². The van der Waals surface area contributed by atoms with Crippen molar-refractivity contribution in [2.45, 2.75) is 19.3 Å². The second-order valence-corrected chi connectivity index (χ2v) is 3.76. The molecule has 0 saturated heterocycles. The summed E-state index contributed by atoms with van der Waals surface area (Å²) in [5.41, 5.74) is 1.39. The van der Waals surface area contributed by atoms with Crippen LogP contribution in [0.25, 0.3) is 0 Å². The number of hydrogen-bond acceptors (Lipinski definition) is 3. The summed E-state index contributed by atoms with van der Waals surface area (Å²) in [6.45, 7) is 0.809. The Morgan fingerprint density at radius 2 is 2.06 bits per heavy atom. The van der Waals surface area contributed by atoms with Crippen LogP contribution in [0.1, 0.15) is 24.8 Å². The molecule has 0 spiro atoms. The maximum absolute atomic E-state index is 8.70. The molecular formula is C12H12ClN3. The molecule has 0 aromatic heterocycles. The molecule has 1 aromatic rings. The van der Waals surface area contributed by atoms with Gasteiger partial charge in [0.2, 0.25) is 0 Å². The minimum atomic E-state index is 0.463. The second kappa shape index (κ2) is 6.71. The molecule has 0 fully saturated rings. The van der Waals surface area contributed by atoms with Gasteiger partial charge in [-0.3, -0.25) is 0 Å². The number of rotatable bonds is 5. The van der Waals surface area contributed by atoms with Gasteiger partial charge < -0.3 is 5.32 Å². The number of halogens is 1. The molecule has 16 heavy (non-hydrogen) atoms. The first-order chi connectivity index (χ1) is 7.77. The minimum Gasteiger partial charge on any atom is -0.385 e. The van der Waals surface area contributed by atoms with E-state index in [4.69, 9.17) is 22.1 Å². The standard InChI is InChI=1S/C12H12ClN3/c13-12-8-11(5-4-10(12)9-15)16-7-3-1-2-6-14/h4-5,8,16H,1-3,7H2. The van der Waals surface area contributed by atoms with Gasteiger partial charge in [0, 0.05) is 18.7 Å². The molecule has 0 aliphatic carbocycles. The van der Waals surface area contributed by atoms with E-state index in [1.54, 1.807) is 12.1 Å². The van der Waals surface area contributed by atoms with Crippen molar-refractivity contribution in [3.63, 3.8) is 0 Å². The molecule has 1 N–H and O–H groups in total. The molecule has 0 radical (unpaired) electrons. The number of nitrogens with zero attached hydrogens (tertiary/aromatic N) is 2. The van der Waals surface area contributed by atoms with Crippen molar-refractivity contribution < 1.29 is 0 Å². The summed E-state index contributed by atoms with van der Waals surface area (Å²) in [5, 5.41) is 20.7. The largest absolute Gasteiger partial charge is 0.385 e. The number of hydrogen-bond donors (Lipinski definition) is 1. The molecule has 3 nitrogen and oxygen atoms in total. The zero-order valence-corrected chi connectivity index (χ0v) is 9.59. The number of benzene rings is 1. The van der Waals surface area contributed by atoms with Crippen molar-refractivity contribution >= 4 is 17.3 Å². The number of nitrogens with one attached hydrogen (secondary N) is 1. The smallest absolute Gasteiger partial charge is 0.101 e. The average Bonchev–Trinajstić information content (AvgIpc) is 2.29. The van der Waals surface area contributed by atoms with Gasteiger partial charge >= 0.3 is 0 Å². The summed E-state index contributed by atoms with van der Waals surface area (Å²) < 4.78 is 0. The topological polar surface area (TPSA) is 59.6 Å². The van der Waals surface area contributed by atoms with Crippen molar-refractivity contribution in [1.29, 1.82) is 10.5 Å². The van der Waals surface area contributed by atoms with Gasteiger partial charge in [0.05, 0.1) is 16.7 Å². The average molecular weight is 234 g/mol. The first-order valence-electron chi connectivity index (χ1n) is 5.08. The zero-order valence-electron chi connectivity index (χ0n) is 8.83. The van der Waals surface area contributed by atoms with Crippen LogP contribution >= 0.6 is 11.6 Å². The van der Waals surface area contributed by atoms with E-state index in [-0.39, 0.29) is 0 Å². The molecule has 0 aliphatic heterocycles. The highest BCUT2D eigenvalue weighted by Crippen LogP contribution is 2.20. The third-order valence-corrected chi connectivity index (χ3v) is 2.45. The van der Waals surface area contributed by atoms with E-state index in [0.29, 0.717) is 17.0 Å². The fourth-order valence-corrected chi connectivity index (χ4v) is 1.50. The van der Waals surface area contributed by atoms with E-state index in [1.165, 1.54) is 0 Å². The van der Waals surface area contributed by atoms with Crippen molar-refractivity contribution in [2.75, 3.05) is 11.9 Å². The molecule has 82 valence electrons. The predicted octanol–water partition coefficient (Wildman–Crippen LogP) is 3.32. The van der Waals surface area contributed by atoms with Crippen molar-refractivity contribution in [2.24, 2.45) is 0 Å². The first kappa shape index (κ1) is 12.4. The predicted molar refractivity (Wildman–Crippen MR) is 64.1 cm³/mol. The minimum absolute atomic E-state index is 0.463. The molecule has 1 rings (SSSR count). The molecule has 4 heteroatoms. The number of unbranched alkanes of at least 4 members (excludes halogenated alkanes) is 2. The van der Waals surface area contributed by atoms with Gasteiger partial charge in [-0.25, -0.2) is 0 Å². The lowest BCUT2D eigenvalue weighted by molar-refractivity contribution is 0.785. The Bertz CT molecular complexity index is 429. The van der Waals surface area contributed by atoms with Crippen LogP contribution in [0.5, 0.6) is 0 Å². The van der Waals surface area contributed by atoms with E-state index in [9.17, 15) is 0 Å². The summed E-state index contributed by atoms with van der Waals surface area (Å²) in [4.78, 5) is 0. The SMILES string of the molecule is N#CCCCCNc1ccc(C#N)c(Cl)c1. The molecule has 0 unspecified atom stereocenters. The lowest BCUT2D eigenvalue weighted by Gasteiger charge is -2.06. The monoisotopic (exact) mass is 233 g/mol. The summed E-state index contributed by atoms with van der Waals surface area (Å²) >= 11 is 5.89. The third kappa shape index (κ3) is 3.81. The van der Waals surface area contributed by atoms with E-state index in [2.05, 4.69) is 11.4 Å². The van der Waals surface area contributed by atoms with E-state index in [1.807, 2.05) is 12.1 Å². The zero-order chi connectivity index (χ0) is 11.8. The maximum atomic E-state index is 8.70. The molecule has 0 aliphatic rings. The Kier molecular flexibility index (Phi) is 5.19. The van der Waals surface area contributed by atoms with Crippen LogP contribution in [-0.2, 0) is 0 Å². The van der Waals surface area contributed by atoms with E-state index in [0.717, 1.165) is 25.1 Å². The van der Waals surface area contributed by atoms with Gasteiger partial charge in [-0.05, 0) is 31.0 Å². The molecular weight excluding hydrogens is 222 g/mol. The lowest BCUT2D eigenvalue weighted by atomic mass is 10.2. The van der Waals surface area contributed by atoms with Gasteiger partial charge in [-0.15, -0.1) is 0 Å². The van der Waals surface area contributed by atoms with Gasteiger partial charge in [0.25, 0.3) is 0 Å². The van der Waals surface area contributed by atoms with Crippen molar-refractivity contribution in [3.8, 4) is 12.1 Å². The first-order valence-corrected chi connectivity index (χ1v) is 5.46. The van der Waals surface area contributed by atoms with Crippen LogP contribution < -0.4 is 5.32 Å². The lowest BCUT2D eigenvalue weighted by Crippen LogP contribution is -2.01. The molecule has 0 bridgehead atoms. The van der Waals surface area contributed by atoms with Crippen molar-refractivity contribution in [3.05, 3.63) is 28.8 Å². The highest BCUT2D eigenvalue weighted by molar-refractivity contribution is 6.32. The summed E-state index contributed by atoms with van der Waals surface area (Å²) in [6.07, 6.45) is 2.44. The normalized spacial score (nSPS) is 9.19. The van der Waals surface area contributed by atoms with Gasteiger partial charge in [0.15, 0.2) is 0 Å². The number of nitriles is 2. The Morgan fingerprint density at radius 1 is 1.25 bits per heavy atom.